The molecule has 106 valence electrons. The van der Waals surface area contributed by atoms with Crippen molar-refractivity contribution in [3.63, 3.8) is 0 Å². The highest BCUT2D eigenvalue weighted by Crippen LogP contribution is 2.09. The SMILES string of the molecule is C=CCCCCCN(CCCC)CC1CCCN1. The predicted octanol–water partition coefficient (Wildman–Crippen LogP) is 3.59. The molecule has 0 aromatic rings. The zero-order valence-electron chi connectivity index (χ0n) is 12.3. The van der Waals surface area contributed by atoms with Crippen molar-refractivity contribution >= 4 is 0 Å². The quantitative estimate of drug-likeness (QED) is 0.446. The first-order chi connectivity index (χ1) is 8.86. The molecular weight excluding hydrogens is 220 g/mol. The van der Waals surface area contributed by atoms with Gasteiger partial charge in [-0.25, -0.2) is 0 Å². The maximum Gasteiger partial charge on any atom is 0.0195 e. The van der Waals surface area contributed by atoms with Crippen LogP contribution < -0.4 is 5.32 Å². The molecule has 1 fully saturated rings. The number of nitrogens with one attached hydrogen (secondary N) is 1. The molecule has 1 heterocycles. The molecule has 0 radical (unpaired) electrons. The van der Waals surface area contributed by atoms with Gasteiger partial charge in [-0.1, -0.05) is 25.8 Å². The summed E-state index contributed by atoms with van der Waals surface area (Å²) in [4.78, 5) is 2.68. The van der Waals surface area contributed by atoms with Crippen LogP contribution in [0.2, 0.25) is 0 Å². The third-order valence-corrected chi connectivity index (χ3v) is 3.85. The molecule has 2 heteroatoms. The highest BCUT2D eigenvalue weighted by Gasteiger charge is 2.17. The van der Waals surface area contributed by atoms with E-state index in [1.807, 2.05) is 6.08 Å². The maximum absolute atomic E-state index is 3.78. The van der Waals surface area contributed by atoms with Crippen LogP contribution in [-0.4, -0.2) is 37.1 Å². The average molecular weight is 252 g/mol. The molecule has 0 spiro atoms. The number of unbranched alkanes of at least 4 members (excludes halogenated alkanes) is 4. The van der Waals surface area contributed by atoms with Crippen LogP contribution in [0.1, 0.15) is 58.3 Å². The Hall–Kier alpha value is -0.340. The van der Waals surface area contributed by atoms with Crippen LogP contribution in [0.15, 0.2) is 12.7 Å². The van der Waals surface area contributed by atoms with Crippen molar-refractivity contribution in [2.45, 2.75) is 64.3 Å². The summed E-state index contributed by atoms with van der Waals surface area (Å²) in [6.45, 7) is 11.1. The van der Waals surface area contributed by atoms with Crippen LogP contribution in [-0.2, 0) is 0 Å². The van der Waals surface area contributed by atoms with Gasteiger partial charge in [-0.3, -0.25) is 0 Å². The summed E-state index contributed by atoms with van der Waals surface area (Å²) in [5.74, 6) is 0. The second-order valence-electron chi connectivity index (χ2n) is 5.59. The summed E-state index contributed by atoms with van der Waals surface area (Å²) in [6, 6.07) is 0.759. The molecule has 2 nitrogen and oxygen atoms in total. The fourth-order valence-corrected chi connectivity index (χ4v) is 2.70. The molecule has 1 N–H and O–H groups in total. The van der Waals surface area contributed by atoms with Crippen LogP contribution in [0, 0.1) is 0 Å². The van der Waals surface area contributed by atoms with Gasteiger partial charge in [-0.15, -0.1) is 6.58 Å². The second kappa shape index (κ2) is 10.6. The fourth-order valence-electron chi connectivity index (χ4n) is 2.70. The number of allylic oxidation sites excluding steroid dienone is 1. The molecule has 0 aliphatic carbocycles. The Bertz CT molecular complexity index is 197. The molecule has 1 aliphatic rings. The molecule has 0 amide bonds. The summed E-state index contributed by atoms with van der Waals surface area (Å²) in [5, 5.41) is 3.62. The van der Waals surface area contributed by atoms with Gasteiger partial charge in [0.2, 0.25) is 0 Å². The summed E-state index contributed by atoms with van der Waals surface area (Å²) in [5.41, 5.74) is 0. The van der Waals surface area contributed by atoms with E-state index in [1.165, 1.54) is 77.5 Å². The lowest BCUT2D eigenvalue weighted by atomic mass is 10.1. The molecule has 1 atom stereocenters. The largest absolute Gasteiger partial charge is 0.313 e. The zero-order valence-corrected chi connectivity index (χ0v) is 12.3. The normalized spacial score (nSPS) is 19.6. The van der Waals surface area contributed by atoms with Gasteiger partial charge in [0.15, 0.2) is 0 Å². The summed E-state index contributed by atoms with van der Waals surface area (Å²) >= 11 is 0. The number of hydrogen-bond donors (Lipinski definition) is 1. The van der Waals surface area contributed by atoms with Gasteiger partial charge in [0.05, 0.1) is 0 Å². The average Bonchev–Trinajstić information content (AvgIpc) is 2.88. The zero-order chi connectivity index (χ0) is 13.1. The van der Waals surface area contributed by atoms with Crippen molar-refractivity contribution in [1.82, 2.24) is 10.2 Å². The Labute approximate surface area is 114 Å². The molecule has 0 bridgehead atoms. The molecule has 0 saturated carbocycles. The van der Waals surface area contributed by atoms with Crippen molar-refractivity contribution in [1.29, 1.82) is 0 Å². The van der Waals surface area contributed by atoms with E-state index in [0.29, 0.717) is 0 Å². The Morgan fingerprint density at radius 2 is 2.06 bits per heavy atom. The molecule has 1 rings (SSSR count). The third kappa shape index (κ3) is 7.17. The summed E-state index contributed by atoms with van der Waals surface area (Å²) in [6.07, 6.45) is 12.6. The van der Waals surface area contributed by atoms with Gasteiger partial charge in [0, 0.05) is 12.6 Å². The smallest absolute Gasteiger partial charge is 0.0195 e. The number of hydrogen-bond acceptors (Lipinski definition) is 2. The predicted molar refractivity (Wildman–Crippen MR) is 81.0 cm³/mol. The van der Waals surface area contributed by atoms with E-state index in [4.69, 9.17) is 0 Å². The van der Waals surface area contributed by atoms with E-state index >= 15 is 0 Å². The third-order valence-electron chi connectivity index (χ3n) is 3.85. The molecule has 1 unspecified atom stereocenters. The molecule has 18 heavy (non-hydrogen) atoms. The lowest BCUT2D eigenvalue weighted by molar-refractivity contribution is 0.240. The van der Waals surface area contributed by atoms with Gasteiger partial charge < -0.3 is 10.2 Å². The summed E-state index contributed by atoms with van der Waals surface area (Å²) in [7, 11) is 0. The van der Waals surface area contributed by atoms with Gasteiger partial charge >= 0.3 is 0 Å². The van der Waals surface area contributed by atoms with E-state index in [9.17, 15) is 0 Å². The van der Waals surface area contributed by atoms with Crippen molar-refractivity contribution in [2.75, 3.05) is 26.2 Å². The standard InChI is InChI=1S/C16H32N2/c1-3-5-7-8-9-14-18(13-6-4-2)15-16-11-10-12-17-16/h3,16-17H,1,4-15H2,2H3. The molecule has 0 aromatic heterocycles. The topological polar surface area (TPSA) is 15.3 Å². The van der Waals surface area contributed by atoms with Crippen molar-refractivity contribution < 1.29 is 0 Å². The Morgan fingerprint density at radius 1 is 1.22 bits per heavy atom. The van der Waals surface area contributed by atoms with E-state index in [-0.39, 0.29) is 0 Å². The molecule has 1 aliphatic heterocycles. The van der Waals surface area contributed by atoms with E-state index < -0.39 is 0 Å². The minimum atomic E-state index is 0.759. The number of nitrogens with zero attached hydrogens (tertiary/aromatic N) is 1. The van der Waals surface area contributed by atoms with E-state index in [0.717, 1.165) is 6.04 Å². The van der Waals surface area contributed by atoms with Gasteiger partial charge in [-0.2, -0.15) is 0 Å². The fraction of sp³-hybridized carbons (Fsp3) is 0.875. The van der Waals surface area contributed by atoms with E-state index in [2.05, 4.69) is 23.7 Å². The molecule has 0 aromatic carbocycles. The maximum atomic E-state index is 3.78. The minimum Gasteiger partial charge on any atom is -0.313 e. The Balaban J connectivity index is 2.14. The molecule has 1 saturated heterocycles. The van der Waals surface area contributed by atoms with Crippen LogP contribution >= 0.6 is 0 Å². The van der Waals surface area contributed by atoms with E-state index in [1.54, 1.807) is 0 Å². The first kappa shape index (κ1) is 15.7. The monoisotopic (exact) mass is 252 g/mol. The number of rotatable bonds is 11. The first-order valence-corrected chi connectivity index (χ1v) is 7.93. The minimum absolute atomic E-state index is 0.759. The first-order valence-electron chi connectivity index (χ1n) is 7.93. The lowest BCUT2D eigenvalue weighted by Crippen LogP contribution is -2.38. The molecular formula is C16H32N2. The Morgan fingerprint density at radius 3 is 2.72 bits per heavy atom. The van der Waals surface area contributed by atoms with Gasteiger partial charge in [0.1, 0.15) is 0 Å². The van der Waals surface area contributed by atoms with Crippen LogP contribution in [0.5, 0.6) is 0 Å². The van der Waals surface area contributed by atoms with Crippen molar-refractivity contribution in [3.8, 4) is 0 Å². The van der Waals surface area contributed by atoms with Crippen LogP contribution in [0.25, 0.3) is 0 Å². The van der Waals surface area contributed by atoms with Gasteiger partial charge in [-0.05, 0) is 58.2 Å². The Kier molecular flexibility index (Phi) is 9.23. The highest BCUT2D eigenvalue weighted by atomic mass is 15.1. The lowest BCUT2D eigenvalue weighted by Gasteiger charge is -2.25. The summed E-state index contributed by atoms with van der Waals surface area (Å²) < 4.78 is 0. The van der Waals surface area contributed by atoms with Gasteiger partial charge in [0.25, 0.3) is 0 Å². The highest BCUT2D eigenvalue weighted by molar-refractivity contribution is 4.78. The van der Waals surface area contributed by atoms with Crippen LogP contribution in [0.4, 0.5) is 0 Å². The second-order valence-corrected chi connectivity index (χ2v) is 5.59. The van der Waals surface area contributed by atoms with Crippen molar-refractivity contribution in [2.24, 2.45) is 0 Å². The van der Waals surface area contributed by atoms with Crippen molar-refractivity contribution in [3.05, 3.63) is 12.7 Å². The van der Waals surface area contributed by atoms with Crippen LogP contribution in [0.3, 0.4) is 0 Å².